The topological polar surface area (TPSA) is 59.4 Å². The first-order chi connectivity index (χ1) is 11.8. The molecule has 0 spiro atoms. The molecule has 1 aromatic heterocycles. The number of carbonyl (C=O) groups is 1. The van der Waals surface area contributed by atoms with Gasteiger partial charge in [-0.1, -0.05) is 0 Å². The van der Waals surface area contributed by atoms with Gasteiger partial charge in [0.25, 0.3) is 5.91 Å². The number of methoxy groups -OCH3 is 1. The quantitative estimate of drug-likeness (QED) is 0.937. The Morgan fingerprint density at radius 1 is 1.38 bits per heavy atom. The van der Waals surface area contributed by atoms with E-state index in [1.54, 1.807) is 7.11 Å². The summed E-state index contributed by atoms with van der Waals surface area (Å²) < 4.78 is 7.20. The molecular formula is C18H22N4O2. The van der Waals surface area contributed by atoms with Gasteiger partial charge in [0.2, 0.25) is 0 Å². The normalized spacial score (nSPS) is 20.0. The van der Waals surface area contributed by atoms with Gasteiger partial charge in [0, 0.05) is 25.0 Å². The van der Waals surface area contributed by atoms with Crippen molar-refractivity contribution < 1.29 is 9.53 Å². The minimum absolute atomic E-state index is 0.0264. The van der Waals surface area contributed by atoms with Gasteiger partial charge in [0.1, 0.15) is 5.75 Å². The van der Waals surface area contributed by atoms with Gasteiger partial charge in [0.15, 0.2) is 5.69 Å². The average molecular weight is 326 g/mol. The van der Waals surface area contributed by atoms with Crippen molar-refractivity contribution >= 4 is 11.6 Å². The van der Waals surface area contributed by atoms with E-state index in [0.29, 0.717) is 18.3 Å². The van der Waals surface area contributed by atoms with E-state index >= 15 is 0 Å². The molecule has 6 nitrogen and oxygen atoms in total. The fourth-order valence-electron chi connectivity index (χ4n) is 3.57. The molecule has 0 bridgehead atoms. The third-order valence-corrected chi connectivity index (χ3v) is 4.90. The van der Waals surface area contributed by atoms with E-state index in [1.165, 1.54) is 0 Å². The molecule has 4 rings (SSSR count). The van der Waals surface area contributed by atoms with Gasteiger partial charge in [-0.15, -0.1) is 0 Å². The number of fused-ring (bicyclic) bond motifs is 1. The zero-order valence-electron chi connectivity index (χ0n) is 13.9. The van der Waals surface area contributed by atoms with E-state index in [9.17, 15) is 4.79 Å². The highest BCUT2D eigenvalue weighted by molar-refractivity contribution is 6.06. The zero-order chi connectivity index (χ0) is 16.5. The van der Waals surface area contributed by atoms with Crippen LogP contribution < -0.4 is 15.0 Å². The van der Waals surface area contributed by atoms with Gasteiger partial charge in [0.05, 0.1) is 13.2 Å². The Morgan fingerprint density at radius 3 is 3.08 bits per heavy atom. The molecule has 1 aromatic carbocycles. The van der Waals surface area contributed by atoms with Crippen molar-refractivity contribution in [3.63, 3.8) is 0 Å². The Bertz CT molecular complexity index is 749. The van der Waals surface area contributed by atoms with Gasteiger partial charge < -0.3 is 15.0 Å². The molecule has 1 fully saturated rings. The summed E-state index contributed by atoms with van der Waals surface area (Å²) in [7, 11) is 1.66. The lowest BCUT2D eigenvalue weighted by molar-refractivity contribution is 0.0983. The van der Waals surface area contributed by atoms with E-state index in [-0.39, 0.29) is 5.91 Å². The zero-order valence-corrected chi connectivity index (χ0v) is 13.9. The van der Waals surface area contributed by atoms with Crippen LogP contribution in [0.3, 0.4) is 0 Å². The van der Waals surface area contributed by atoms with Crippen molar-refractivity contribution in [2.75, 3.05) is 31.6 Å². The summed E-state index contributed by atoms with van der Waals surface area (Å²) in [5.41, 5.74) is 2.64. The summed E-state index contributed by atoms with van der Waals surface area (Å²) in [5.74, 6) is 0.804. The van der Waals surface area contributed by atoms with E-state index < -0.39 is 0 Å². The number of nitrogens with zero attached hydrogens (tertiary/aromatic N) is 3. The number of anilines is 1. The van der Waals surface area contributed by atoms with Gasteiger partial charge in [-0.3, -0.25) is 9.48 Å². The molecule has 1 saturated heterocycles. The summed E-state index contributed by atoms with van der Waals surface area (Å²) in [5, 5.41) is 7.93. The van der Waals surface area contributed by atoms with Gasteiger partial charge >= 0.3 is 0 Å². The van der Waals surface area contributed by atoms with Crippen LogP contribution in [0.25, 0.3) is 0 Å². The van der Waals surface area contributed by atoms with Crippen LogP contribution in [0.15, 0.2) is 30.5 Å². The summed E-state index contributed by atoms with van der Waals surface area (Å²) in [6.07, 6.45) is 5.03. The minimum atomic E-state index is -0.0264. The van der Waals surface area contributed by atoms with Crippen LogP contribution in [0.5, 0.6) is 5.75 Å². The van der Waals surface area contributed by atoms with Crippen LogP contribution in [-0.2, 0) is 6.42 Å². The van der Waals surface area contributed by atoms with Crippen molar-refractivity contribution in [1.29, 1.82) is 0 Å². The van der Waals surface area contributed by atoms with Crippen molar-refractivity contribution in [3.05, 3.63) is 41.7 Å². The standard InChI is InChI=1S/C18H22N4O2/c1-24-15-4-5-17-13(11-15)6-9-21(17)18(23)16-7-10-22(20-16)14-3-2-8-19-12-14/h4-5,7,10-11,14,19H,2-3,6,8-9,12H2,1H3. The maximum Gasteiger partial charge on any atom is 0.278 e. The Labute approximate surface area is 141 Å². The molecule has 2 aliphatic heterocycles. The van der Waals surface area contributed by atoms with Crippen LogP contribution in [0.2, 0.25) is 0 Å². The predicted molar refractivity (Wildman–Crippen MR) is 91.7 cm³/mol. The third-order valence-electron chi connectivity index (χ3n) is 4.90. The second-order valence-electron chi connectivity index (χ2n) is 6.38. The van der Waals surface area contributed by atoms with E-state index in [1.807, 2.05) is 40.0 Å². The lowest BCUT2D eigenvalue weighted by atomic mass is 10.1. The molecular weight excluding hydrogens is 304 g/mol. The highest BCUT2D eigenvalue weighted by Gasteiger charge is 2.28. The SMILES string of the molecule is COc1ccc2c(c1)CCN2C(=O)c1ccn(C2CCCNC2)n1. The highest BCUT2D eigenvalue weighted by atomic mass is 16.5. The van der Waals surface area contributed by atoms with Crippen molar-refractivity contribution in [2.45, 2.75) is 25.3 Å². The van der Waals surface area contributed by atoms with Crippen LogP contribution in [0.1, 0.15) is 34.9 Å². The van der Waals surface area contributed by atoms with E-state index in [4.69, 9.17) is 4.74 Å². The molecule has 126 valence electrons. The number of amides is 1. The Balaban J connectivity index is 1.54. The monoisotopic (exact) mass is 326 g/mol. The fraction of sp³-hybridized carbons (Fsp3) is 0.444. The second-order valence-corrected chi connectivity index (χ2v) is 6.38. The molecule has 1 atom stereocenters. The third kappa shape index (κ3) is 2.67. The Kier molecular flexibility index (Phi) is 3.98. The molecule has 2 aromatic rings. The predicted octanol–water partition coefficient (Wildman–Crippen LogP) is 2.02. The maximum absolute atomic E-state index is 12.9. The molecule has 6 heteroatoms. The molecule has 1 unspecified atom stereocenters. The molecule has 3 heterocycles. The smallest absolute Gasteiger partial charge is 0.278 e. The number of nitrogens with one attached hydrogen (secondary N) is 1. The largest absolute Gasteiger partial charge is 0.497 e. The highest BCUT2D eigenvalue weighted by Crippen LogP contribution is 2.32. The van der Waals surface area contributed by atoms with Crippen LogP contribution in [-0.4, -0.2) is 42.4 Å². The molecule has 1 N–H and O–H groups in total. The van der Waals surface area contributed by atoms with Crippen LogP contribution in [0, 0.1) is 0 Å². The number of ether oxygens (including phenoxy) is 1. The summed E-state index contributed by atoms with van der Waals surface area (Å²) >= 11 is 0. The number of rotatable bonds is 3. The van der Waals surface area contributed by atoms with Crippen LogP contribution >= 0.6 is 0 Å². The molecule has 0 saturated carbocycles. The lowest BCUT2D eigenvalue weighted by Gasteiger charge is -2.23. The number of piperidine rings is 1. The number of hydrogen-bond donors (Lipinski definition) is 1. The van der Waals surface area contributed by atoms with Crippen molar-refractivity contribution in [2.24, 2.45) is 0 Å². The molecule has 0 radical (unpaired) electrons. The number of carbonyl (C=O) groups excluding carboxylic acids is 1. The second kappa shape index (κ2) is 6.28. The van der Waals surface area contributed by atoms with E-state index in [2.05, 4.69) is 10.4 Å². The molecule has 24 heavy (non-hydrogen) atoms. The summed E-state index contributed by atoms with van der Waals surface area (Å²) in [4.78, 5) is 14.7. The number of aromatic nitrogens is 2. The molecule has 0 aliphatic carbocycles. The Morgan fingerprint density at radius 2 is 2.29 bits per heavy atom. The summed E-state index contributed by atoms with van der Waals surface area (Å²) in [6.45, 7) is 2.68. The van der Waals surface area contributed by atoms with Gasteiger partial charge in [-0.05, 0) is 55.6 Å². The van der Waals surface area contributed by atoms with Gasteiger partial charge in [-0.2, -0.15) is 5.10 Å². The Hall–Kier alpha value is -2.34. The first-order valence-corrected chi connectivity index (χ1v) is 8.51. The first kappa shape index (κ1) is 15.2. The van der Waals surface area contributed by atoms with Crippen LogP contribution in [0.4, 0.5) is 5.69 Å². The van der Waals surface area contributed by atoms with Crippen molar-refractivity contribution in [3.8, 4) is 5.75 Å². The number of benzene rings is 1. The van der Waals surface area contributed by atoms with Crippen molar-refractivity contribution in [1.82, 2.24) is 15.1 Å². The average Bonchev–Trinajstić information content (AvgIpc) is 3.28. The number of hydrogen-bond acceptors (Lipinski definition) is 4. The first-order valence-electron chi connectivity index (χ1n) is 8.51. The van der Waals surface area contributed by atoms with Gasteiger partial charge in [-0.25, -0.2) is 0 Å². The minimum Gasteiger partial charge on any atom is -0.497 e. The van der Waals surface area contributed by atoms with E-state index in [0.717, 1.165) is 49.4 Å². The molecule has 2 aliphatic rings. The lowest BCUT2D eigenvalue weighted by Crippen LogP contribution is -2.32. The summed E-state index contributed by atoms with van der Waals surface area (Å²) in [6, 6.07) is 8.04. The maximum atomic E-state index is 12.9. The fourth-order valence-corrected chi connectivity index (χ4v) is 3.57. The molecule has 1 amide bonds.